The lowest BCUT2D eigenvalue weighted by molar-refractivity contribution is 0.493. The predicted molar refractivity (Wildman–Crippen MR) is 72.2 cm³/mol. The van der Waals surface area contributed by atoms with Gasteiger partial charge in [0.15, 0.2) is 0 Å². The van der Waals surface area contributed by atoms with Gasteiger partial charge in [0.2, 0.25) is 10.0 Å². The summed E-state index contributed by atoms with van der Waals surface area (Å²) in [7, 11) is -3.48. The maximum atomic E-state index is 12.4. The van der Waals surface area contributed by atoms with E-state index in [1.54, 1.807) is 32.1 Å². The molecule has 1 N–H and O–H groups in total. The number of hydrogen-bond acceptors (Lipinski definition) is 3. The molecule has 2 atom stereocenters. The van der Waals surface area contributed by atoms with Crippen molar-refractivity contribution in [3.05, 3.63) is 23.8 Å². The van der Waals surface area contributed by atoms with Gasteiger partial charge < -0.3 is 0 Å². The summed E-state index contributed by atoms with van der Waals surface area (Å²) in [5.74, 6) is -0.341. The number of allylic oxidation sites excluding steroid dienone is 3. The monoisotopic (exact) mass is 268 g/mol. The van der Waals surface area contributed by atoms with Crippen LogP contribution in [0.15, 0.2) is 23.8 Å². The van der Waals surface area contributed by atoms with Crippen molar-refractivity contribution >= 4 is 10.0 Å². The number of nitrogens with one attached hydrogen (secondary N) is 1. The first-order chi connectivity index (χ1) is 8.39. The first kappa shape index (κ1) is 14.9. The van der Waals surface area contributed by atoms with Crippen LogP contribution in [-0.4, -0.2) is 19.7 Å². The minimum Gasteiger partial charge on any atom is -0.214 e. The Hall–Kier alpha value is -1.12. The van der Waals surface area contributed by atoms with E-state index in [4.69, 9.17) is 5.26 Å². The summed E-state index contributed by atoms with van der Waals surface area (Å²) in [5.41, 5.74) is 0.501. The van der Waals surface area contributed by atoms with Crippen LogP contribution in [0.2, 0.25) is 0 Å². The van der Waals surface area contributed by atoms with Gasteiger partial charge in [0.05, 0.1) is 6.07 Å². The van der Waals surface area contributed by atoms with Gasteiger partial charge in [0.1, 0.15) is 4.75 Å². The molecule has 0 aromatic carbocycles. The maximum absolute atomic E-state index is 12.4. The molecule has 0 heterocycles. The molecule has 0 saturated carbocycles. The van der Waals surface area contributed by atoms with E-state index in [2.05, 4.69) is 10.8 Å². The third-order valence-electron chi connectivity index (χ3n) is 3.56. The Morgan fingerprint density at radius 3 is 2.78 bits per heavy atom. The van der Waals surface area contributed by atoms with E-state index in [9.17, 15) is 8.42 Å². The van der Waals surface area contributed by atoms with Gasteiger partial charge in [-0.3, -0.25) is 0 Å². The molecule has 0 aromatic heterocycles. The van der Waals surface area contributed by atoms with Crippen LogP contribution in [0.5, 0.6) is 0 Å². The Labute approximate surface area is 109 Å². The first-order valence-electron chi connectivity index (χ1n) is 6.17. The average molecular weight is 268 g/mol. The molecule has 0 radical (unpaired) electrons. The van der Waals surface area contributed by atoms with Crippen molar-refractivity contribution in [2.75, 3.05) is 6.54 Å². The molecule has 0 saturated heterocycles. The minimum atomic E-state index is -3.48. The molecular weight excluding hydrogens is 248 g/mol. The van der Waals surface area contributed by atoms with E-state index < -0.39 is 14.8 Å². The van der Waals surface area contributed by atoms with E-state index in [0.717, 1.165) is 12.8 Å². The second-order valence-electron chi connectivity index (χ2n) is 4.75. The second kappa shape index (κ2) is 5.68. The molecule has 1 aliphatic carbocycles. The summed E-state index contributed by atoms with van der Waals surface area (Å²) in [5, 5.41) is 9.01. The van der Waals surface area contributed by atoms with Crippen molar-refractivity contribution in [2.45, 2.75) is 38.4 Å². The van der Waals surface area contributed by atoms with Crippen LogP contribution in [0.1, 0.15) is 33.6 Å². The summed E-state index contributed by atoms with van der Waals surface area (Å²) >= 11 is 0. The molecule has 0 spiro atoms. The fraction of sp³-hybridized carbons (Fsp3) is 0.615. The van der Waals surface area contributed by atoms with Gasteiger partial charge in [0, 0.05) is 18.0 Å². The van der Waals surface area contributed by atoms with Crippen molar-refractivity contribution in [1.29, 1.82) is 5.26 Å². The molecule has 0 bridgehead atoms. The van der Waals surface area contributed by atoms with Crippen molar-refractivity contribution < 1.29 is 8.42 Å². The quantitative estimate of drug-likeness (QED) is 0.776. The minimum absolute atomic E-state index is 0.341. The Morgan fingerprint density at radius 2 is 2.22 bits per heavy atom. The highest BCUT2D eigenvalue weighted by molar-refractivity contribution is 7.91. The predicted octanol–water partition coefficient (Wildman–Crippen LogP) is 2.12. The number of unbranched alkanes of at least 4 members (excludes halogenated alkanes) is 1. The molecule has 1 rings (SSSR count). The molecule has 5 heteroatoms. The second-order valence-corrected chi connectivity index (χ2v) is 6.92. The van der Waals surface area contributed by atoms with E-state index >= 15 is 0 Å². The van der Waals surface area contributed by atoms with Gasteiger partial charge in [-0.25, -0.2) is 13.1 Å². The van der Waals surface area contributed by atoms with E-state index in [-0.39, 0.29) is 5.92 Å². The summed E-state index contributed by atoms with van der Waals surface area (Å²) in [6.07, 6.45) is 6.74. The third kappa shape index (κ3) is 2.65. The normalized spacial score (nSPS) is 27.7. The van der Waals surface area contributed by atoms with Crippen LogP contribution in [0, 0.1) is 17.2 Å². The fourth-order valence-electron chi connectivity index (χ4n) is 1.94. The largest absolute Gasteiger partial charge is 0.221 e. The lowest BCUT2D eigenvalue weighted by atomic mass is 9.84. The van der Waals surface area contributed by atoms with Gasteiger partial charge in [-0.05, 0) is 19.4 Å². The first-order valence-corrected chi connectivity index (χ1v) is 7.66. The zero-order valence-electron chi connectivity index (χ0n) is 11.1. The standard InChI is InChI=1S/C13H20N2O2S/c1-4-5-9-15-18(16,17)13(3)8-6-7-12(10-14)11(13)2/h6-8,11,15H,4-5,9H2,1-3H3. The fourth-order valence-corrected chi connectivity index (χ4v) is 3.51. The molecule has 2 unspecified atom stereocenters. The summed E-state index contributed by atoms with van der Waals surface area (Å²) in [6, 6.07) is 2.07. The maximum Gasteiger partial charge on any atom is 0.221 e. The van der Waals surface area contributed by atoms with E-state index in [1.165, 1.54) is 0 Å². The third-order valence-corrected chi connectivity index (χ3v) is 5.79. The highest BCUT2D eigenvalue weighted by Crippen LogP contribution is 2.35. The Kier molecular flexibility index (Phi) is 4.71. The zero-order valence-corrected chi connectivity index (χ0v) is 11.9. The highest BCUT2D eigenvalue weighted by Gasteiger charge is 2.44. The van der Waals surface area contributed by atoms with Crippen LogP contribution in [0.4, 0.5) is 0 Å². The Balaban J connectivity index is 2.98. The van der Waals surface area contributed by atoms with Crippen LogP contribution in [0.25, 0.3) is 0 Å². The molecular formula is C13H20N2O2S. The Morgan fingerprint density at radius 1 is 1.56 bits per heavy atom. The van der Waals surface area contributed by atoms with Crippen LogP contribution < -0.4 is 4.72 Å². The molecule has 100 valence electrons. The zero-order chi connectivity index (χ0) is 13.8. The van der Waals surface area contributed by atoms with Crippen molar-refractivity contribution in [2.24, 2.45) is 5.92 Å². The topological polar surface area (TPSA) is 70.0 Å². The van der Waals surface area contributed by atoms with Crippen LogP contribution in [-0.2, 0) is 10.0 Å². The van der Waals surface area contributed by atoms with Gasteiger partial charge >= 0.3 is 0 Å². The van der Waals surface area contributed by atoms with Crippen LogP contribution in [0.3, 0.4) is 0 Å². The van der Waals surface area contributed by atoms with Gasteiger partial charge in [0.25, 0.3) is 0 Å². The van der Waals surface area contributed by atoms with Crippen molar-refractivity contribution in [3.8, 4) is 6.07 Å². The molecule has 4 nitrogen and oxygen atoms in total. The van der Waals surface area contributed by atoms with E-state index in [1.807, 2.05) is 6.92 Å². The number of hydrogen-bond donors (Lipinski definition) is 1. The summed E-state index contributed by atoms with van der Waals surface area (Å²) in [4.78, 5) is 0. The molecule has 0 fully saturated rings. The highest BCUT2D eigenvalue weighted by atomic mass is 32.2. The van der Waals surface area contributed by atoms with Crippen molar-refractivity contribution in [3.63, 3.8) is 0 Å². The molecule has 0 aromatic rings. The molecule has 1 aliphatic rings. The van der Waals surface area contributed by atoms with Gasteiger partial charge in [-0.2, -0.15) is 5.26 Å². The van der Waals surface area contributed by atoms with Gasteiger partial charge in [-0.1, -0.05) is 32.4 Å². The van der Waals surface area contributed by atoms with Crippen LogP contribution >= 0.6 is 0 Å². The van der Waals surface area contributed by atoms with E-state index in [0.29, 0.717) is 12.1 Å². The lowest BCUT2D eigenvalue weighted by Crippen LogP contribution is -2.48. The molecule has 0 aliphatic heterocycles. The molecule has 0 amide bonds. The number of nitrogens with zero attached hydrogens (tertiary/aromatic N) is 1. The van der Waals surface area contributed by atoms with Gasteiger partial charge in [-0.15, -0.1) is 0 Å². The number of nitriles is 1. The SMILES string of the molecule is CCCCNS(=O)(=O)C1(C)C=CC=C(C#N)C1C. The van der Waals surface area contributed by atoms with Crippen molar-refractivity contribution in [1.82, 2.24) is 4.72 Å². The lowest BCUT2D eigenvalue weighted by Gasteiger charge is -2.34. The number of rotatable bonds is 5. The Bertz CT molecular complexity index is 500. The smallest absolute Gasteiger partial charge is 0.214 e. The average Bonchev–Trinajstić information content (AvgIpc) is 2.32. The number of sulfonamides is 1. The summed E-state index contributed by atoms with van der Waals surface area (Å²) in [6.45, 7) is 5.89. The summed E-state index contributed by atoms with van der Waals surface area (Å²) < 4.78 is 26.3. The molecule has 18 heavy (non-hydrogen) atoms.